The first-order valence-corrected chi connectivity index (χ1v) is 5.12. The molecule has 0 bridgehead atoms. The van der Waals surface area contributed by atoms with E-state index in [1.54, 1.807) is 6.20 Å². The summed E-state index contributed by atoms with van der Waals surface area (Å²) in [6.07, 6.45) is 7.23. The van der Waals surface area contributed by atoms with Crippen LogP contribution in [0, 0.1) is 0 Å². The topological polar surface area (TPSA) is 27.3 Å². The van der Waals surface area contributed by atoms with Crippen molar-refractivity contribution in [1.82, 2.24) is 15.5 Å². The highest BCUT2D eigenvalue weighted by Gasteiger charge is 1.84. The van der Waals surface area contributed by atoms with Gasteiger partial charge in [0.05, 0.1) is 0 Å². The molecule has 0 saturated heterocycles. The molecule has 0 radical (unpaired) electrons. The van der Waals surface area contributed by atoms with E-state index in [1.165, 1.54) is 0 Å². The highest BCUT2D eigenvalue weighted by molar-refractivity contribution is 4.84. The van der Waals surface area contributed by atoms with Gasteiger partial charge in [-0.3, -0.25) is 0 Å². The summed E-state index contributed by atoms with van der Waals surface area (Å²) in [6, 6.07) is 0. The van der Waals surface area contributed by atoms with E-state index in [1.807, 2.05) is 0 Å². The predicted molar refractivity (Wildman–Crippen MR) is 63.4 cm³/mol. The van der Waals surface area contributed by atoms with Crippen LogP contribution in [0.4, 0.5) is 0 Å². The van der Waals surface area contributed by atoms with Crippen molar-refractivity contribution in [2.75, 3.05) is 40.3 Å². The molecule has 2 N–H and O–H groups in total. The fourth-order valence-electron chi connectivity index (χ4n) is 0.976. The zero-order valence-electron chi connectivity index (χ0n) is 9.42. The minimum Gasteiger partial charge on any atom is -0.390 e. The summed E-state index contributed by atoms with van der Waals surface area (Å²) in [7, 11) is 4.15. The highest BCUT2D eigenvalue weighted by atomic mass is 15.0. The molecule has 0 aromatic carbocycles. The van der Waals surface area contributed by atoms with Crippen molar-refractivity contribution in [2.24, 2.45) is 0 Å². The molecule has 14 heavy (non-hydrogen) atoms. The Labute approximate surface area is 87.9 Å². The fraction of sp³-hybridized carbons (Fsp3) is 0.636. The van der Waals surface area contributed by atoms with Gasteiger partial charge in [-0.05, 0) is 33.3 Å². The Balaban J connectivity index is 3.05. The van der Waals surface area contributed by atoms with E-state index in [2.05, 4.69) is 48.4 Å². The van der Waals surface area contributed by atoms with Crippen molar-refractivity contribution < 1.29 is 0 Å². The summed E-state index contributed by atoms with van der Waals surface area (Å²) in [4.78, 5) is 2.15. The molecule has 0 aromatic heterocycles. The SMILES string of the molecule is C=CNCCNCC/C=C/CN(C)C. The minimum absolute atomic E-state index is 0.949. The van der Waals surface area contributed by atoms with Crippen molar-refractivity contribution in [3.05, 3.63) is 24.9 Å². The van der Waals surface area contributed by atoms with Gasteiger partial charge in [0.25, 0.3) is 0 Å². The monoisotopic (exact) mass is 197 g/mol. The zero-order chi connectivity index (χ0) is 10.6. The molecule has 0 rings (SSSR count). The Morgan fingerprint density at radius 2 is 1.93 bits per heavy atom. The molecule has 0 aliphatic rings. The van der Waals surface area contributed by atoms with E-state index in [0.717, 1.165) is 32.6 Å². The molecule has 3 nitrogen and oxygen atoms in total. The van der Waals surface area contributed by atoms with Gasteiger partial charge in [0.2, 0.25) is 0 Å². The first-order valence-electron chi connectivity index (χ1n) is 5.12. The molecule has 0 saturated carbocycles. The molecule has 0 atom stereocenters. The molecule has 3 heteroatoms. The maximum absolute atomic E-state index is 3.58. The number of nitrogens with one attached hydrogen (secondary N) is 2. The van der Waals surface area contributed by atoms with Crippen LogP contribution in [0.1, 0.15) is 6.42 Å². The molecule has 0 fully saturated rings. The third kappa shape index (κ3) is 11.2. The van der Waals surface area contributed by atoms with Crippen LogP contribution in [0.25, 0.3) is 0 Å². The molecular weight excluding hydrogens is 174 g/mol. The Bertz CT molecular complexity index is 153. The number of likely N-dealkylation sites (N-methyl/N-ethyl adjacent to an activating group) is 1. The van der Waals surface area contributed by atoms with Crippen molar-refractivity contribution in [1.29, 1.82) is 0 Å². The van der Waals surface area contributed by atoms with Crippen LogP contribution in [0.3, 0.4) is 0 Å². The lowest BCUT2D eigenvalue weighted by molar-refractivity contribution is 0.456. The van der Waals surface area contributed by atoms with E-state index < -0.39 is 0 Å². The van der Waals surface area contributed by atoms with Crippen molar-refractivity contribution in [3.63, 3.8) is 0 Å². The summed E-state index contributed by atoms with van der Waals surface area (Å²) >= 11 is 0. The van der Waals surface area contributed by atoms with Crippen molar-refractivity contribution >= 4 is 0 Å². The van der Waals surface area contributed by atoms with Crippen LogP contribution >= 0.6 is 0 Å². The van der Waals surface area contributed by atoms with Gasteiger partial charge < -0.3 is 15.5 Å². The van der Waals surface area contributed by atoms with Gasteiger partial charge in [-0.15, -0.1) is 0 Å². The van der Waals surface area contributed by atoms with Crippen LogP contribution in [0.5, 0.6) is 0 Å². The van der Waals surface area contributed by atoms with Gasteiger partial charge in [-0.2, -0.15) is 0 Å². The van der Waals surface area contributed by atoms with Crippen LogP contribution in [0.2, 0.25) is 0 Å². The molecule has 0 spiro atoms. The van der Waals surface area contributed by atoms with E-state index in [9.17, 15) is 0 Å². The molecule has 82 valence electrons. The number of rotatable bonds is 9. The molecule has 0 aliphatic carbocycles. The van der Waals surface area contributed by atoms with Gasteiger partial charge in [-0.1, -0.05) is 18.7 Å². The van der Waals surface area contributed by atoms with Gasteiger partial charge in [0.1, 0.15) is 0 Å². The Kier molecular flexibility index (Phi) is 9.69. The summed E-state index contributed by atoms with van der Waals surface area (Å²) in [5.41, 5.74) is 0. The van der Waals surface area contributed by atoms with E-state index >= 15 is 0 Å². The van der Waals surface area contributed by atoms with Crippen molar-refractivity contribution in [3.8, 4) is 0 Å². The minimum atomic E-state index is 0.949. The smallest absolute Gasteiger partial charge is 0.0266 e. The highest BCUT2D eigenvalue weighted by Crippen LogP contribution is 1.82. The largest absolute Gasteiger partial charge is 0.390 e. The molecule has 0 unspecified atom stereocenters. The Morgan fingerprint density at radius 1 is 1.14 bits per heavy atom. The lowest BCUT2D eigenvalue weighted by Crippen LogP contribution is -2.24. The van der Waals surface area contributed by atoms with Crippen LogP contribution in [0.15, 0.2) is 24.9 Å². The van der Waals surface area contributed by atoms with Gasteiger partial charge >= 0.3 is 0 Å². The number of nitrogens with zero attached hydrogens (tertiary/aromatic N) is 1. The molecule has 0 amide bonds. The fourth-order valence-corrected chi connectivity index (χ4v) is 0.976. The predicted octanol–water partition coefficient (Wildman–Crippen LogP) is 0.817. The zero-order valence-corrected chi connectivity index (χ0v) is 9.42. The van der Waals surface area contributed by atoms with Crippen LogP contribution in [-0.4, -0.2) is 45.2 Å². The second-order valence-corrected chi connectivity index (χ2v) is 3.43. The Hall–Kier alpha value is -0.800. The second kappa shape index (κ2) is 10.3. The summed E-state index contributed by atoms with van der Waals surface area (Å²) in [5, 5.41) is 6.38. The number of hydrogen-bond donors (Lipinski definition) is 2. The molecule has 0 heterocycles. The molecular formula is C11H23N3. The van der Waals surface area contributed by atoms with Crippen LogP contribution in [-0.2, 0) is 0 Å². The number of hydrogen-bond acceptors (Lipinski definition) is 3. The molecule has 0 aliphatic heterocycles. The van der Waals surface area contributed by atoms with Gasteiger partial charge in [0, 0.05) is 19.6 Å². The lowest BCUT2D eigenvalue weighted by atomic mass is 10.3. The van der Waals surface area contributed by atoms with E-state index in [4.69, 9.17) is 0 Å². The van der Waals surface area contributed by atoms with E-state index in [-0.39, 0.29) is 0 Å². The molecule has 0 aromatic rings. The summed E-state index contributed by atoms with van der Waals surface area (Å²) in [5.74, 6) is 0. The maximum Gasteiger partial charge on any atom is 0.0266 e. The lowest BCUT2D eigenvalue weighted by Gasteiger charge is -2.04. The first kappa shape index (κ1) is 13.2. The maximum atomic E-state index is 3.58. The van der Waals surface area contributed by atoms with Gasteiger partial charge in [-0.25, -0.2) is 0 Å². The van der Waals surface area contributed by atoms with Crippen LogP contribution < -0.4 is 10.6 Å². The van der Waals surface area contributed by atoms with E-state index in [0.29, 0.717) is 0 Å². The first-order chi connectivity index (χ1) is 6.77. The average molecular weight is 197 g/mol. The third-order valence-corrected chi connectivity index (χ3v) is 1.72. The normalized spacial score (nSPS) is 11.1. The van der Waals surface area contributed by atoms with Gasteiger partial charge in [0.15, 0.2) is 0 Å². The third-order valence-electron chi connectivity index (χ3n) is 1.72. The average Bonchev–Trinajstić information content (AvgIpc) is 2.15. The summed E-state index contributed by atoms with van der Waals surface area (Å²) < 4.78 is 0. The standard InChI is InChI=1S/C11H23N3/c1-4-12-9-10-13-8-6-5-7-11-14(2)3/h4-5,7,12-13H,1,6,8-11H2,2-3H3/b7-5+. The Morgan fingerprint density at radius 3 is 2.57 bits per heavy atom. The second-order valence-electron chi connectivity index (χ2n) is 3.43. The van der Waals surface area contributed by atoms with Crippen molar-refractivity contribution in [2.45, 2.75) is 6.42 Å². The summed E-state index contributed by atoms with van der Waals surface area (Å²) in [6.45, 7) is 7.59. The quantitative estimate of drug-likeness (QED) is 0.423.